The highest BCUT2D eigenvalue weighted by atomic mass is 19.1. The molecule has 0 atom stereocenters. The Kier molecular flexibility index (Phi) is 6.54. The van der Waals surface area contributed by atoms with E-state index in [9.17, 15) is 9.18 Å². The molecule has 3 aromatic rings. The number of hydrogen-bond donors (Lipinski definition) is 1. The highest BCUT2D eigenvalue weighted by Crippen LogP contribution is 2.33. The molecule has 1 aliphatic carbocycles. The van der Waals surface area contributed by atoms with Gasteiger partial charge >= 0.3 is 0 Å². The molecule has 6 nitrogen and oxygen atoms in total. The number of para-hydroxylation sites is 1. The second-order valence-electron chi connectivity index (χ2n) is 7.68. The van der Waals surface area contributed by atoms with Crippen molar-refractivity contribution in [3.05, 3.63) is 71.7 Å². The zero-order valence-electron chi connectivity index (χ0n) is 18.1. The van der Waals surface area contributed by atoms with Gasteiger partial charge in [0.1, 0.15) is 11.3 Å². The molecule has 2 aromatic carbocycles. The quantitative estimate of drug-likeness (QED) is 0.530. The van der Waals surface area contributed by atoms with Crippen LogP contribution in [-0.4, -0.2) is 31.7 Å². The van der Waals surface area contributed by atoms with Crippen molar-refractivity contribution in [1.29, 1.82) is 0 Å². The Morgan fingerprint density at radius 1 is 1.09 bits per heavy atom. The second kappa shape index (κ2) is 9.68. The van der Waals surface area contributed by atoms with E-state index >= 15 is 0 Å². The summed E-state index contributed by atoms with van der Waals surface area (Å²) in [5, 5.41) is 2.83. The van der Waals surface area contributed by atoms with E-state index in [4.69, 9.17) is 14.2 Å². The first-order valence-corrected chi connectivity index (χ1v) is 10.5. The number of ether oxygens (including phenoxy) is 3. The molecular weight excluding hydrogens is 411 g/mol. The lowest BCUT2D eigenvalue weighted by Gasteiger charge is -2.14. The number of aromatic nitrogens is 1. The summed E-state index contributed by atoms with van der Waals surface area (Å²) in [7, 11) is 3.01. The Bertz CT molecular complexity index is 1110. The number of pyridine rings is 1. The van der Waals surface area contributed by atoms with Gasteiger partial charge in [0.25, 0.3) is 5.91 Å². The molecule has 0 bridgehead atoms. The van der Waals surface area contributed by atoms with Crippen LogP contribution in [0.5, 0.6) is 17.4 Å². The highest BCUT2D eigenvalue weighted by Gasteiger charge is 2.24. The van der Waals surface area contributed by atoms with Gasteiger partial charge in [-0.2, -0.15) is 0 Å². The molecular formula is C25H25FN2O4. The molecule has 0 aliphatic heterocycles. The summed E-state index contributed by atoms with van der Waals surface area (Å²) in [5.41, 5.74) is 2.50. The van der Waals surface area contributed by atoms with Crippen LogP contribution in [0.15, 0.2) is 54.7 Å². The SMILES string of the molecule is COc1ccc(CNC(=O)c2cc(-c3ccccc3OC)cnc2OCC2CC2)cc1F. The summed E-state index contributed by atoms with van der Waals surface area (Å²) >= 11 is 0. The van der Waals surface area contributed by atoms with E-state index in [0.29, 0.717) is 29.4 Å². The Balaban J connectivity index is 1.58. The van der Waals surface area contributed by atoms with Crippen molar-refractivity contribution in [2.75, 3.05) is 20.8 Å². The smallest absolute Gasteiger partial charge is 0.257 e. The van der Waals surface area contributed by atoms with Gasteiger partial charge in [0.2, 0.25) is 5.88 Å². The van der Waals surface area contributed by atoms with Crippen molar-refractivity contribution in [2.24, 2.45) is 5.92 Å². The first kappa shape index (κ1) is 21.6. The molecule has 0 unspecified atom stereocenters. The lowest BCUT2D eigenvalue weighted by atomic mass is 10.0. The second-order valence-corrected chi connectivity index (χ2v) is 7.68. The number of carbonyl (C=O) groups is 1. The van der Waals surface area contributed by atoms with Gasteiger partial charge in [-0.1, -0.05) is 24.3 Å². The third kappa shape index (κ3) is 4.99. The Hall–Kier alpha value is -3.61. The minimum atomic E-state index is -0.479. The van der Waals surface area contributed by atoms with Crippen molar-refractivity contribution in [3.8, 4) is 28.5 Å². The van der Waals surface area contributed by atoms with Crippen LogP contribution >= 0.6 is 0 Å². The van der Waals surface area contributed by atoms with Gasteiger partial charge in [0, 0.05) is 23.9 Å². The van der Waals surface area contributed by atoms with Crippen molar-refractivity contribution >= 4 is 5.91 Å². The van der Waals surface area contributed by atoms with E-state index < -0.39 is 5.82 Å². The summed E-state index contributed by atoms with van der Waals surface area (Å²) in [5.74, 6) is 0.812. The number of benzene rings is 2. The van der Waals surface area contributed by atoms with Crippen LogP contribution in [0.2, 0.25) is 0 Å². The van der Waals surface area contributed by atoms with Gasteiger partial charge in [0.05, 0.1) is 20.8 Å². The predicted octanol–water partition coefficient (Wildman–Crippen LogP) is 4.62. The number of carbonyl (C=O) groups excluding carboxylic acids is 1. The molecule has 1 aliphatic rings. The Morgan fingerprint density at radius 3 is 2.59 bits per heavy atom. The number of amides is 1. The fraction of sp³-hybridized carbons (Fsp3) is 0.280. The van der Waals surface area contributed by atoms with Crippen molar-refractivity contribution in [3.63, 3.8) is 0 Å². The molecule has 1 saturated carbocycles. The maximum Gasteiger partial charge on any atom is 0.257 e. The average Bonchev–Trinajstić information content (AvgIpc) is 3.66. The lowest BCUT2D eigenvalue weighted by Crippen LogP contribution is -2.24. The molecule has 7 heteroatoms. The summed E-state index contributed by atoms with van der Waals surface area (Å²) < 4.78 is 30.2. The maximum absolute atomic E-state index is 14.0. The number of nitrogens with zero attached hydrogens (tertiary/aromatic N) is 1. The highest BCUT2D eigenvalue weighted by molar-refractivity contribution is 5.97. The molecule has 0 spiro atoms. The molecule has 1 aromatic heterocycles. The molecule has 166 valence electrons. The van der Waals surface area contributed by atoms with Crippen molar-refractivity contribution < 1.29 is 23.4 Å². The van der Waals surface area contributed by atoms with Crippen LogP contribution in [-0.2, 0) is 6.54 Å². The van der Waals surface area contributed by atoms with E-state index in [1.807, 2.05) is 24.3 Å². The molecule has 1 fully saturated rings. The molecule has 1 heterocycles. The van der Waals surface area contributed by atoms with E-state index in [0.717, 1.165) is 24.0 Å². The Morgan fingerprint density at radius 2 is 1.88 bits per heavy atom. The summed E-state index contributed by atoms with van der Waals surface area (Å²) in [6, 6.07) is 13.9. The van der Waals surface area contributed by atoms with Gasteiger partial charge in [-0.15, -0.1) is 0 Å². The molecule has 1 amide bonds. The standard InChI is InChI=1S/C25H25FN2O4/c1-30-22-6-4-3-5-19(22)18-12-20(25(28-14-18)32-15-16-7-8-16)24(29)27-13-17-9-10-23(31-2)21(26)11-17/h3-6,9-12,14,16H,7-8,13,15H2,1-2H3,(H,27,29). The molecule has 0 saturated heterocycles. The van der Waals surface area contributed by atoms with E-state index in [2.05, 4.69) is 10.3 Å². The van der Waals surface area contributed by atoms with Gasteiger partial charge in [0.15, 0.2) is 11.6 Å². The first-order valence-electron chi connectivity index (χ1n) is 10.5. The number of nitrogens with one attached hydrogen (secondary N) is 1. The van der Waals surface area contributed by atoms with Crippen LogP contribution in [0.3, 0.4) is 0 Å². The minimum Gasteiger partial charge on any atom is -0.496 e. The fourth-order valence-corrected chi connectivity index (χ4v) is 3.34. The minimum absolute atomic E-state index is 0.153. The molecule has 32 heavy (non-hydrogen) atoms. The average molecular weight is 436 g/mol. The van der Waals surface area contributed by atoms with Crippen LogP contribution in [0, 0.1) is 11.7 Å². The monoisotopic (exact) mass is 436 g/mol. The van der Waals surface area contributed by atoms with Gasteiger partial charge in [-0.05, 0) is 48.6 Å². The number of hydrogen-bond acceptors (Lipinski definition) is 5. The zero-order chi connectivity index (χ0) is 22.5. The van der Waals surface area contributed by atoms with Crippen molar-refractivity contribution in [1.82, 2.24) is 10.3 Å². The van der Waals surface area contributed by atoms with Gasteiger partial charge in [-0.25, -0.2) is 9.37 Å². The maximum atomic E-state index is 14.0. The third-order valence-electron chi connectivity index (χ3n) is 5.34. The number of methoxy groups -OCH3 is 2. The molecule has 0 radical (unpaired) electrons. The molecule has 1 N–H and O–H groups in total. The van der Waals surface area contributed by atoms with Crippen LogP contribution in [0.4, 0.5) is 4.39 Å². The summed E-state index contributed by atoms with van der Waals surface area (Å²) in [6.07, 6.45) is 3.93. The fourth-order valence-electron chi connectivity index (χ4n) is 3.34. The van der Waals surface area contributed by atoms with E-state index in [1.54, 1.807) is 25.4 Å². The largest absolute Gasteiger partial charge is 0.496 e. The normalized spacial score (nSPS) is 12.8. The van der Waals surface area contributed by atoms with Gasteiger partial charge < -0.3 is 19.5 Å². The number of rotatable bonds is 9. The molecule has 4 rings (SSSR count). The summed E-state index contributed by atoms with van der Waals surface area (Å²) in [4.78, 5) is 17.5. The van der Waals surface area contributed by atoms with Crippen LogP contribution in [0.25, 0.3) is 11.1 Å². The third-order valence-corrected chi connectivity index (χ3v) is 5.34. The summed E-state index contributed by atoms with van der Waals surface area (Å²) in [6.45, 7) is 0.686. The van der Waals surface area contributed by atoms with E-state index in [1.165, 1.54) is 19.2 Å². The lowest BCUT2D eigenvalue weighted by molar-refractivity contribution is 0.0945. The predicted molar refractivity (Wildman–Crippen MR) is 119 cm³/mol. The van der Waals surface area contributed by atoms with E-state index in [-0.39, 0.29) is 24.1 Å². The van der Waals surface area contributed by atoms with Gasteiger partial charge in [-0.3, -0.25) is 4.79 Å². The Labute approximate surface area is 186 Å². The van der Waals surface area contributed by atoms with Crippen molar-refractivity contribution in [2.45, 2.75) is 19.4 Å². The zero-order valence-corrected chi connectivity index (χ0v) is 18.1. The topological polar surface area (TPSA) is 69.7 Å². The number of halogens is 1. The first-order chi connectivity index (χ1) is 15.6. The van der Waals surface area contributed by atoms with Crippen LogP contribution < -0.4 is 19.5 Å². The van der Waals surface area contributed by atoms with Crippen LogP contribution in [0.1, 0.15) is 28.8 Å².